The van der Waals surface area contributed by atoms with Crippen LogP contribution in [0.3, 0.4) is 0 Å². The lowest BCUT2D eigenvalue weighted by Gasteiger charge is -2.50. The van der Waals surface area contributed by atoms with Crippen molar-refractivity contribution in [1.82, 2.24) is 0 Å². The normalized spacial score (nSPS) is 34.2. The van der Waals surface area contributed by atoms with Gasteiger partial charge in [0.25, 0.3) is 0 Å². The Bertz CT molecular complexity index is 783. The summed E-state index contributed by atoms with van der Waals surface area (Å²) < 4.78 is 11.2. The van der Waals surface area contributed by atoms with Crippen LogP contribution < -0.4 is 4.74 Å². The number of benzene rings is 1. The Hall–Kier alpha value is -1.84. The molecule has 27 heavy (non-hydrogen) atoms. The van der Waals surface area contributed by atoms with E-state index >= 15 is 0 Å². The number of ketones is 1. The minimum atomic E-state index is -0.156. The Balaban J connectivity index is 1.67. The maximum absolute atomic E-state index is 12.1. The first kappa shape index (κ1) is 18.5. The van der Waals surface area contributed by atoms with Crippen LogP contribution in [0, 0.1) is 17.3 Å². The summed E-state index contributed by atoms with van der Waals surface area (Å²) in [7, 11) is 1.64. The van der Waals surface area contributed by atoms with Crippen molar-refractivity contribution >= 4 is 11.8 Å². The van der Waals surface area contributed by atoms with Crippen LogP contribution in [0.25, 0.3) is 0 Å². The first-order valence-electron chi connectivity index (χ1n) is 10.2. The van der Waals surface area contributed by atoms with Crippen molar-refractivity contribution in [3.63, 3.8) is 0 Å². The van der Waals surface area contributed by atoms with E-state index in [1.165, 1.54) is 24.5 Å². The lowest BCUT2D eigenvalue weighted by atomic mass is 9.55. The summed E-state index contributed by atoms with van der Waals surface area (Å²) in [4.78, 5) is 23.7. The van der Waals surface area contributed by atoms with E-state index < -0.39 is 0 Å². The third-order valence-corrected chi connectivity index (χ3v) is 7.65. The molecule has 3 aliphatic rings. The number of hydrogen-bond donors (Lipinski definition) is 0. The number of carbonyl (C=O) groups excluding carboxylic acids is 2. The summed E-state index contributed by atoms with van der Waals surface area (Å²) in [6.45, 7) is 5.47. The molecule has 5 atom stereocenters. The fourth-order valence-electron chi connectivity index (χ4n) is 6.39. The predicted molar refractivity (Wildman–Crippen MR) is 103 cm³/mol. The van der Waals surface area contributed by atoms with Crippen LogP contribution >= 0.6 is 0 Å². The monoisotopic (exact) mass is 370 g/mol. The van der Waals surface area contributed by atoms with E-state index in [2.05, 4.69) is 19.1 Å². The topological polar surface area (TPSA) is 52.6 Å². The van der Waals surface area contributed by atoms with Gasteiger partial charge in [0.05, 0.1) is 12.7 Å². The number of esters is 1. The van der Waals surface area contributed by atoms with Gasteiger partial charge >= 0.3 is 5.97 Å². The summed E-state index contributed by atoms with van der Waals surface area (Å²) in [6.07, 6.45) is 6.58. The highest BCUT2D eigenvalue weighted by Crippen LogP contribution is 2.61. The van der Waals surface area contributed by atoms with Crippen molar-refractivity contribution < 1.29 is 19.1 Å². The van der Waals surface area contributed by atoms with Crippen molar-refractivity contribution in [2.45, 2.75) is 71.3 Å². The van der Waals surface area contributed by atoms with Crippen LogP contribution in [0.4, 0.5) is 0 Å². The third-order valence-electron chi connectivity index (χ3n) is 7.65. The smallest absolute Gasteiger partial charge is 0.302 e. The van der Waals surface area contributed by atoms with Crippen molar-refractivity contribution in [3.8, 4) is 5.75 Å². The predicted octanol–water partition coefficient (Wildman–Crippen LogP) is 4.69. The molecule has 0 bridgehead atoms. The summed E-state index contributed by atoms with van der Waals surface area (Å²) in [5.41, 5.74) is 3.50. The largest absolute Gasteiger partial charge is 0.496 e. The van der Waals surface area contributed by atoms with Crippen LogP contribution in [0.2, 0.25) is 0 Å². The quantitative estimate of drug-likeness (QED) is 0.572. The lowest BCUT2D eigenvalue weighted by Crippen LogP contribution is -2.45. The molecule has 4 rings (SSSR count). The van der Waals surface area contributed by atoms with Gasteiger partial charge in [-0.25, -0.2) is 0 Å². The van der Waals surface area contributed by atoms with Crippen LogP contribution in [0.15, 0.2) is 12.1 Å². The van der Waals surface area contributed by atoms with Gasteiger partial charge in [0, 0.05) is 12.3 Å². The van der Waals surface area contributed by atoms with Gasteiger partial charge in [0.15, 0.2) is 5.78 Å². The number of Topliss-reactive ketones (excluding diaryl/α,β-unsaturated/α-hetero) is 1. The Morgan fingerprint density at radius 1 is 1.11 bits per heavy atom. The number of fused-ring (bicyclic) bond motifs is 5. The van der Waals surface area contributed by atoms with E-state index in [4.69, 9.17) is 9.47 Å². The fourth-order valence-corrected chi connectivity index (χ4v) is 6.39. The summed E-state index contributed by atoms with van der Waals surface area (Å²) in [6, 6.07) is 4.20. The summed E-state index contributed by atoms with van der Waals surface area (Å²) in [5.74, 6) is 2.33. The molecule has 0 radical (unpaired) electrons. The molecule has 3 aliphatic carbocycles. The van der Waals surface area contributed by atoms with Crippen LogP contribution in [-0.2, 0) is 16.0 Å². The van der Waals surface area contributed by atoms with E-state index in [-0.39, 0.29) is 23.3 Å². The van der Waals surface area contributed by atoms with Gasteiger partial charge in [-0.3, -0.25) is 9.59 Å². The zero-order chi connectivity index (χ0) is 19.3. The summed E-state index contributed by atoms with van der Waals surface area (Å²) in [5, 5.41) is 0. The Morgan fingerprint density at radius 3 is 2.56 bits per heavy atom. The van der Waals surface area contributed by atoms with Crippen LogP contribution in [0.5, 0.6) is 5.75 Å². The van der Waals surface area contributed by atoms with Crippen molar-refractivity contribution in [3.05, 3.63) is 28.8 Å². The van der Waals surface area contributed by atoms with Crippen molar-refractivity contribution in [2.24, 2.45) is 17.3 Å². The van der Waals surface area contributed by atoms with Gasteiger partial charge in [-0.1, -0.05) is 6.92 Å². The maximum atomic E-state index is 12.1. The molecule has 0 aliphatic heterocycles. The Kier molecular flexibility index (Phi) is 4.56. The SMILES string of the molecule is COc1cc2c(cc1C(C)=O)C1CC[C@@]3(C)C(CC[C@H]3OC(C)=O)[C@@H]1CC2. The number of aryl methyl sites for hydroxylation is 1. The molecule has 4 nitrogen and oxygen atoms in total. The standard InChI is InChI=1S/C23H30O4/c1-13(24)18-12-19-15(11-21(18)26-4)5-6-17-16(19)9-10-23(3)20(17)7-8-22(23)27-14(2)25/h11-12,16-17,20,22H,5-10H2,1-4H3/t16?,17-,20?,22-,23+/m1/s1. The molecule has 0 N–H and O–H groups in total. The summed E-state index contributed by atoms with van der Waals surface area (Å²) >= 11 is 0. The van der Waals surface area contributed by atoms with Gasteiger partial charge in [-0.2, -0.15) is 0 Å². The van der Waals surface area contributed by atoms with Crippen LogP contribution in [-0.4, -0.2) is 25.0 Å². The van der Waals surface area contributed by atoms with Crippen molar-refractivity contribution in [1.29, 1.82) is 0 Å². The molecule has 0 aromatic heterocycles. The maximum Gasteiger partial charge on any atom is 0.302 e. The molecular formula is C23H30O4. The number of methoxy groups -OCH3 is 1. The molecule has 0 heterocycles. The molecule has 1 aromatic rings. The zero-order valence-corrected chi connectivity index (χ0v) is 16.8. The van der Waals surface area contributed by atoms with Gasteiger partial charge < -0.3 is 9.47 Å². The first-order chi connectivity index (χ1) is 12.8. The Morgan fingerprint density at radius 2 is 1.89 bits per heavy atom. The number of carbonyl (C=O) groups is 2. The average Bonchev–Trinajstić information content (AvgIpc) is 2.96. The van der Waals surface area contributed by atoms with Crippen LogP contribution in [0.1, 0.15) is 80.3 Å². The second kappa shape index (κ2) is 6.65. The first-order valence-corrected chi connectivity index (χ1v) is 10.2. The molecule has 0 saturated heterocycles. The molecular weight excluding hydrogens is 340 g/mol. The van der Waals surface area contributed by atoms with Gasteiger partial charge in [-0.05, 0) is 86.5 Å². The van der Waals surface area contributed by atoms with E-state index in [9.17, 15) is 9.59 Å². The highest BCUT2D eigenvalue weighted by Gasteiger charge is 2.56. The van der Waals surface area contributed by atoms with Gasteiger partial charge in [0.1, 0.15) is 11.9 Å². The van der Waals surface area contributed by atoms with E-state index in [0.29, 0.717) is 29.1 Å². The van der Waals surface area contributed by atoms with E-state index in [1.54, 1.807) is 14.0 Å². The molecule has 0 spiro atoms. The third kappa shape index (κ3) is 2.88. The lowest BCUT2D eigenvalue weighted by molar-refractivity contribution is -0.154. The minimum absolute atomic E-state index is 0.0611. The highest BCUT2D eigenvalue weighted by molar-refractivity contribution is 5.97. The molecule has 1 aromatic carbocycles. The van der Waals surface area contributed by atoms with Gasteiger partial charge in [0.2, 0.25) is 0 Å². The molecule has 2 fully saturated rings. The average molecular weight is 370 g/mol. The Labute approximate surface area is 161 Å². The van der Waals surface area contributed by atoms with E-state index in [1.807, 2.05) is 0 Å². The fraction of sp³-hybridized carbons (Fsp3) is 0.652. The number of hydrogen-bond acceptors (Lipinski definition) is 4. The number of ether oxygens (including phenoxy) is 2. The van der Waals surface area contributed by atoms with Crippen molar-refractivity contribution in [2.75, 3.05) is 7.11 Å². The molecule has 146 valence electrons. The molecule has 2 saturated carbocycles. The minimum Gasteiger partial charge on any atom is -0.496 e. The second-order valence-corrected chi connectivity index (χ2v) is 8.94. The second-order valence-electron chi connectivity index (χ2n) is 8.94. The number of rotatable bonds is 3. The zero-order valence-electron chi connectivity index (χ0n) is 16.8. The molecule has 0 amide bonds. The highest BCUT2D eigenvalue weighted by atomic mass is 16.5. The van der Waals surface area contributed by atoms with Gasteiger partial charge in [-0.15, -0.1) is 0 Å². The molecule has 4 heteroatoms. The van der Waals surface area contributed by atoms with E-state index in [0.717, 1.165) is 32.1 Å². The molecule has 2 unspecified atom stereocenters.